The fourth-order valence-corrected chi connectivity index (χ4v) is 2.57. The van der Waals surface area contributed by atoms with Crippen LogP contribution >= 0.6 is 0 Å². The quantitative estimate of drug-likeness (QED) is 0.766. The predicted molar refractivity (Wildman–Crippen MR) is 70.2 cm³/mol. The smallest absolute Gasteiger partial charge is 0.326 e. The summed E-state index contributed by atoms with van der Waals surface area (Å²) in [6, 6.07) is -0.744. The average molecular weight is 255 g/mol. The van der Waals surface area contributed by atoms with Crippen molar-refractivity contribution in [3.63, 3.8) is 0 Å². The molecule has 2 atom stereocenters. The van der Waals surface area contributed by atoms with Gasteiger partial charge in [0.2, 0.25) is 5.91 Å². The van der Waals surface area contributed by atoms with Gasteiger partial charge < -0.3 is 10.4 Å². The van der Waals surface area contributed by atoms with Crippen LogP contribution in [0, 0.1) is 11.8 Å². The molecule has 1 aliphatic rings. The summed E-state index contributed by atoms with van der Waals surface area (Å²) in [4.78, 5) is 23.0. The lowest BCUT2D eigenvalue weighted by molar-refractivity contribution is -0.143. The summed E-state index contributed by atoms with van der Waals surface area (Å²) < 4.78 is 0. The van der Waals surface area contributed by atoms with Crippen molar-refractivity contribution in [3.8, 4) is 0 Å². The number of amides is 1. The maximum absolute atomic E-state index is 11.9. The molecule has 4 heteroatoms. The third kappa shape index (κ3) is 4.67. The van der Waals surface area contributed by atoms with Crippen molar-refractivity contribution in [2.24, 2.45) is 11.8 Å². The van der Waals surface area contributed by atoms with Crippen LogP contribution in [0.3, 0.4) is 0 Å². The summed E-state index contributed by atoms with van der Waals surface area (Å²) >= 11 is 0. The second-order valence-corrected chi connectivity index (χ2v) is 5.48. The topological polar surface area (TPSA) is 66.4 Å². The molecule has 0 aliphatic heterocycles. The minimum atomic E-state index is -0.929. The number of carbonyl (C=O) groups is 2. The first-order valence-corrected chi connectivity index (χ1v) is 7.06. The summed E-state index contributed by atoms with van der Waals surface area (Å²) in [5.74, 6) is -0.612. The van der Waals surface area contributed by atoms with Gasteiger partial charge in [-0.1, -0.05) is 39.5 Å². The highest BCUT2D eigenvalue weighted by atomic mass is 16.4. The minimum absolute atomic E-state index is 0.0298. The van der Waals surface area contributed by atoms with E-state index in [9.17, 15) is 9.59 Å². The second kappa shape index (κ2) is 7.39. The fourth-order valence-electron chi connectivity index (χ4n) is 2.57. The zero-order valence-corrected chi connectivity index (χ0v) is 11.4. The molecule has 1 amide bonds. The molecule has 0 saturated heterocycles. The molecule has 0 heterocycles. The van der Waals surface area contributed by atoms with E-state index in [-0.39, 0.29) is 11.8 Å². The van der Waals surface area contributed by atoms with Gasteiger partial charge in [-0.05, 0) is 24.7 Å². The molecule has 1 fully saturated rings. The van der Waals surface area contributed by atoms with E-state index >= 15 is 0 Å². The highest BCUT2D eigenvalue weighted by Crippen LogP contribution is 2.26. The van der Waals surface area contributed by atoms with Gasteiger partial charge in [0.15, 0.2) is 0 Å². The highest BCUT2D eigenvalue weighted by molar-refractivity contribution is 5.83. The van der Waals surface area contributed by atoms with E-state index in [0.717, 1.165) is 19.3 Å². The van der Waals surface area contributed by atoms with Crippen LogP contribution in [0.4, 0.5) is 0 Å². The van der Waals surface area contributed by atoms with Crippen LogP contribution in [-0.4, -0.2) is 23.0 Å². The molecule has 0 bridgehead atoms. The Hall–Kier alpha value is -1.06. The number of carboxylic acid groups (broad SMARTS) is 1. The molecule has 0 aromatic carbocycles. The fraction of sp³-hybridized carbons (Fsp3) is 0.857. The van der Waals surface area contributed by atoms with Crippen LogP contribution in [0.1, 0.15) is 58.8 Å². The Labute approximate surface area is 109 Å². The van der Waals surface area contributed by atoms with Crippen molar-refractivity contribution in [2.75, 3.05) is 0 Å². The predicted octanol–water partition coefficient (Wildman–Crippen LogP) is 2.57. The number of aliphatic carboxylic acids is 1. The molecule has 2 unspecified atom stereocenters. The molecule has 2 N–H and O–H groups in total. The van der Waals surface area contributed by atoms with E-state index in [1.165, 1.54) is 19.3 Å². The molecule has 1 aliphatic carbocycles. The molecular formula is C14H25NO3. The number of rotatable bonds is 6. The second-order valence-electron chi connectivity index (χ2n) is 5.48. The van der Waals surface area contributed by atoms with E-state index in [0.29, 0.717) is 12.3 Å². The zero-order valence-electron chi connectivity index (χ0n) is 11.4. The van der Waals surface area contributed by atoms with Gasteiger partial charge in [-0.2, -0.15) is 0 Å². The van der Waals surface area contributed by atoms with Crippen molar-refractivity contribution in [2.45, 2.75) is 64.8 Å². The lowest BCUT2D eigenvalue weighted by atomic mass is 9.86. The van der Waals surface area contributed by atoms with Crippen molar-refractivity contribution in [1.82, 2.24) is 5.32 Å². The number of carbonyl (C=O) groups excluding carboxylic acids is 1. The normalized spacial score (nSPS) is 20.1. The molecule has 0 spiro atoms. The summed E-state index contributed by atoms with van der Waals surface area (Å²) in [6.45, 7) is 3.80. The number of nitrogens with one attached hydrogen (secondary N) is 1. The number of carboxylic acids is 1. The molecule has 4 nitrogen and oxygen atoms in total. The minimum Gasteiger partial charge on any atom is -0.480 e. The van der Waals surface area contributed by atoms with Gasteiger partial charge in [0.25, 0.3) is 0 Å². The summed E-state index contributed by atoms with van der Waals surface area (Å²) in [5.41, 5.74) is 0. The van der Waals surface area contributed by atoms with Crippen LogP contribution in [0.2, 0.25) is 0 Å². The van der Waals surface area contributed by atoms with Gasteiger partial charge in [-0.25, -0.2) is 4.79 Å². The molecule has 1 rings (SSSR count). The van der Waals surface area contributed by atoms with Crippen LogP contribution in [-0.2, 0) is 9.59 Å². The Morgan fingerprint density at radius 1 is 1.28 bits per heavy atom. The average Bonchev–Trinajstić information content (AvgIpc) is 2.36. The summed E-state index contributed by atoms with van der Waals surface area (Å²) in [6.07, 6.45) is 7.12. The molecule has 0 aromatic rings. The molecule has 104 valence electrons. The first-order valence-electron chi connectivity index (χ1n) is 7.06. The highest BCUT2D eigenvalue weighted by Gasteiger charge is 2.26. The SMILES string of the molecule is CCC(C)C(NC(=O)CC1CCCCC1)C(=O)O. The van der Waals surface area contributed by atoms with Crippen molar-refractivity contribution in [3.05, 3.63) is 0 Å². The first-order chi connectivity index (χ1) is 8.54. The van der Waals surface area contributed by atoms with Gasteiger partial charge in [0.1, 0.15) is 6.04 Å². The van der Waals surface area contributed by atoms with Crippen molar-refractivity contribution >= 4 is 11.9 Å². The maximum atomic E-state index is 11.9. The molecular weight excluding hydrogens is 230 g/mol. The van der Waals surface area contributed by atoms with Gasteiger partial charge in [0, 0.05) is 6.42 Å². The molecule has 0 aromatic heterocycles. The van der Waals surface area contributed by atoms with Crippen LogP contribution in [0.15, 0.2) is 0 Å². The standard InChI is InChI=1S/C14H25NO3/c1-3-10(2)13(14(17)18)15-12(16)9-11-7-5-4-6-8-11/h10-11,13H,3-9H2,1-2H3,(H,15,16)(H,17,18). The summed E-state index contributed by atoms with van der Waals surface area (Å²) in [7, 11) is 0. The Balaban J connectivity index is 2.42. The maximum Gasteiger partial charge on any atom is 0.326 e. The largest absolute Gasteiger partial charge is 0.480 e. The summed E-state index contributed by atoms with van der Waals surface area (Å²) in [5, 5.41) is 11.8. The Morgan fingerprint density at radius 3 is 2.39 bits per heavy atom. The molecule has 1 saturated carbocycles. The Bertz CT molecular complexity index is 285. The van der Waals surface area contributed by atoms with Gasteiger partial charge in [-0.3, -0.25) is 4.79 Å². The number of hydrogen-bond donors (Lipinski definition) is 2. The van der Waals surface area contributed by atoms with E-state index < -0.39 is 12.0 Å². The lowest BCUT2D eigenvalue weighted by Crippen LogP contribution is -2.45. The van der Waals surface area contributed by atoms with E-state index in [2.05, 4.69) is 5.32 Å². The van der Waals surface area contributed by atoms with Crippen molar-refractivity contribution < 1.29 is 14.7 Å². The van der Waals surface area contributed by atoms with Gasteiger partial charge >= 0.3 is 5.97 Å². The van der Waals surface area contributed by atoms with Crippen LogP contribution < -0.4 is 5.32 Å². The number of hydrogen-bond acceptors (Lipinski definition) is 2. The van der Waals surface area contributed by atoms with Crippen molar-refractivity contribution in [1.29, 1.82) is 0 Å². The van der Waals surface area contributed by atoms with E-state index in [4.69, 9.17) is 5.11 Å². The Kier molecular flexibility index (Phi) is 6.16. The molecule has 0 radical (unpaired) electrons. The first kappa shape index (κ1) is 15.0. The van der Waals surface area contributed by atoms with Crippen LogP contribution in [0.25, 0.3) is 0 Å². The van der Waals surface area contributed by atoms with Gasteiger partial charge in [0.05, 0.1) is 0 Å². The van der Waals surface area contributed by atoms with E-state index in [1.807, 2.05) is 13.8 Å². The van der Waals surface area contributed by atoms with E-state index in [1.54, 1.807) is 0 Å². The Morgan fingerprint density at radius 2 is 1.89 bits per heavy atom. The lowest BCUT2D eigenvalue weighted by Gasteiger charge is -2.24. The zero-order chi connectivity index (χ0) is 13.5. The third-order valence-corrected chi connectivity index (χ3v) is 3.99. The van der Waals surface area contributed by atoms with Gasteiger partial charge in [-0.15, -0.1) is 0 Å². The van der Waals surface area contributed by atoms with Crippen LogP contribution in [0.5, 0.6) is 0 Å². The molecule has 18 heavy (non-hydrogen) atoms. The third-order valence-electron chi connectivity index (χ3n) is 3.99. The monoisotopic (exact) mass is 255 g/mol.